The highest BCUT2D eigenvalue weighted by Crippen LogP contribution is 2.44. The van der Waals surface area contributed by atoms with Gasteiger partial charge in [-0.05, 0) is 22.3 Å². The molecule has 0 heterocycles. The molecule has 1 aliphatic rings. The summed E-state index contributed by atoms with van der Waals surface area (Å²) in [6.07, 6.45) is -1.48. The highest BCUT2D eigenvalue weighted by Gasteiger charge is 2.42. The molecule has 2 N–H and O–H groups in total. The van der Waals surface area contributed by atoms with Crippen molar-refractivity contribution in [2.45, 2.75) is 24.2 Å². The van der Waals surface area contributed by atoms with Crippen LogP contribution in [-0.4, -0.2) is 56.5 Å². The lowest BCUT2D eigenvalue weighted by atomic mass is 9.98. The van der Waals surface area contributed by atoms with E-state index in [4.69, 9.17) is 19.3 Å². The summed E-state index contributed by atoms with van der Waals surface area (Å²) in [6, 6.07) is 14.5. The predicted octanol–water partition coefficient (Wildman–Crippen LogP) is 3.33. The van der Waals surface area contributed by atoms with E-state index in [9.17, 15) is 14.0 Å². The number of carbonyl (C=O) groups excluding carboxylic acids is 1. The molecule has 0 aliphatic heterocycles. The Bertz CT molecular complexity index is 860. The van der Waals surface area contributed by atoms with Gasteiger partial charge in [0.05, 0.1) is 12.5 Å². The molecule has 7 nitrogen and oxygen atoms in total. The fraction of sp³-hybridized carbons (Fsp3) is 0.364. The van der Waals surface area contributed by atoms with Crippen LogP contribution in [0.3, 0.4) is 0 Å². The lowest BCUT2D eigenvalue weighted by molar-refractivity contribution is -0.233. The number of ether oxygens (including phenoxy) is 3. The van der Waals surface area contributed by atoms with Crippen LogP contribution in [0.1, 0.15) is 23.5 Å². The number of hydrogen-bond donors (Lipinski definition) is 2. The van der Waals surface area contributed by atoms with E-state index in [2.05, 4.69) is 5.32 Å². The summed E-state index contributed by atoms with van der Waals surface area (Å²) in [5.74, 6) is -3.33. The lowest BCUT2D eigenvalue weighted by Gasteiger charge is -2.35. The number of amides is 1. The molecule has 3 rings (SSSR count). The number of hydrogen-bond acceptors (Lipinski definition) is 5. The maximum atomic E-state index is 13.6. The number of alkyl carbamates (subject to hydrolysis) is 1. The van der Waals surface area contributed by atoms with Crippen molar-refractivity contribution in [3.05, 3.63) is 59.7 Å². The van der Waals surface area contributed by atoms with Gasteiger partial charge in [-0.15, -0.1) is 0 Å². The van der Waals surface area contributed by atoms with Gasteiger partial charge in [-0.3, -0.25) is 4.79 Å². The van der Waals surface area contributed by atoms with Crippen molar-refractivity contribution in [3.8, 4) is 11.1 Å². The quantitative estimate of drug-likeness (QED) is 0.608. The van der Waals surface area contributed by atoms with Gasteiger partial charge in [0.25, 0.3) is 0 Å². The molecule has 0 fully saturated rings. The van der Waals surface area contributed by atoms with E-state index in [1.165, 1.54) is 14.2 Å². The summed E-state index contributed by atoms with van der Waals surface area (Å²) in [6.45, 7) is -1.11. The molecular formula is C22H24FNO6. The molecule has 2 aromatic rings. The fourth-order valence-electron chi connectivity index (χ4n) is 3.84. The summed E-state index contributed by atoms with van der Waals surface area (Å²) in [7, 11) is 2.36. The first-order valence-electron chi connectivity index (χ1n) is 9.45. The third-order valence-corrected chi connectivity index (χ3v) is 5.42. The molecule has 0 saturated heterocycles. The first kappa shape index (κ1) is 21.7. The second kappa shape index (κ2) is 9.23. The number of alkyl halides is 1. The summed E-state index contributed by atoms with van der Waals surface area (Å²) in [5.41, 5.74) is 4.25. The predicted molar refractivity (Wildman–Crippen MR) is 107 cm³/mol. The largest absolute Gasteiger partial charge is 0.481 e. The van der Waals surface area contributed by atoms with Crippen molar-refractivity contribution in [1.29, 1.82) is 0 Å². The third-order valence-electron chi connectivity index (χ3n) is 5.42. The average molecular weight is 417 g/mol. The number of carbonyl (C=O) groups is 2. The number of aliphatic carboxylic acids is 1. The van der Waals surface area contributed by atoms with Crippen LogP contribution in [0, 0.1) is 0 Å². The van der Waals surface area contributed by atoms with Gasteiger partial charge in [0.15, 0.2) is 0 Å². The zero-order valence-electron chi connectivity index (χ0n) is 16.8. The second-order valence-corrected chi connectivity index (χ2v) is 6.97. The SMILES string of the molecule is COC(CF)(OC)C(CC(=O)O)NC(=O)OCC1c2ccccc2-c2ccccc21. The van der Waals surface area contributed by atoms with E-state index in [1.807, 2.05) is 48.5 Å². The number of carboxylic acid groups (broad SMARTS) is 1. The maximum absolute atomic E-state index is 13.6. The number of benzene rings is 2. The first-order chi connectivity index (χ1) is 14.5. The van der Waals surface area contributed by atoms with Crippen LogP contribution in [-0.2, 0) is 19.0 Å². The van der Waals surface area contributed by atoms with Crippen molar-refractivity contribution >= 4 is 12.1 Å². The van der Waals surface area contributed by atoms with Crippen molar-refractivity contribution in [1.82, 2.24) is 5.32 Å². The van der Waals surface area contributed by atoms with Gasteiger partial charge in [-0.25, -0.2) is 9.18 Å². The van der Waals surface area contributed by atoms with Gasteiger partial charge >= 0.3 is 12.1 Å². The number of nitrogens with one attached hydrogen (secondary N) is 1. The van der Waals surface area contributed by atoms with Gasteiger partial charge in [0.1, 0.15) is 13.3 Å². The Kier molecular flexibility index (Phi) is 6.69. The lowest BCUT2D eigenvalue weighted by Crippen LogP contribution is -2.57. The highest BCUT2D eigenvalue weighted by atomic mass is 19.1. The van der Waals surface area contributed by atoms with Crippen LogP contribution >= 0.6 is 0 Å². The molecule has 0 saturated carbocycles. The van der Waals surface area contributed by atoms with Gasteiger partial charge in [-0.1, -0.05) is 48.5 Å². The van der Waals surface area contributed by atoms with Crippen molar-refractivity contribution in [2.24, 2.45) is 0 Å². The van der Waals surface area contributed by atoms with E-state index < -0.39 is 37.0 Å². The molecule has 8 heteroatoms. The summed E-state index contributed by atoms with van der Waals surface area (Å²) < 4.78 is 29.1. The molecule has 30 heavy (non-hydrogen) atoms. The van der Waals surface area contributed by atoms with Crippen LogP contribution in [0.4, 0.5) is 9.18 Å². The smallest absolute Gasteiger partial charge is 0.407 e. The third kappa shape index (κ3) is 4.15. The van der Waals surface area contributed by atoms with Gasteiger partial charge in [0, 0.05) is 20.1 Å². The zero-order chi connectivity index (χ0) is 21.7. The standard InChI is InChI=1S/C22H24FNO6/c1-28-22(13-23,29-2)19(11-20(25)26)24-21(27)30-12-18-16-9-5-3-7-14(16)15-8-4-6-10-17(15)18/h3-10,18-19H,11-13H2,1-2H3,(H,24,27)(H,25,26). The molecule has 0 bridgehead atoms. The molecule has 1 unspecified atom stereocenters. The summed E-state index contributed by atoms with van der Waals surface area (Å²) >= 11 is 0. The number of fused-ring (bicyclic) bond motifs is 3. The first-order valence-corrected chi connectivity index (χ1v) is 9.45. The van der Waals surface area contributed by atoms with E-state index in [0.717, 1.165) is 22.3 Å². The van der Waals surface area contributed by atoms with Gasteiger partial charge in [0.2, 0.25) is 5.79 Å². The van der Waals surface area contributed by atoms with Crippen molar-refractivity contribution in [3.63, 3.8) is 0 Å². The molecule has 0 spiro atoms. The minimum Gasteiger partial charge on any atom is -0.481 e. The Morgan fingerprint density at radius 2 is 1.60 bits per heavy atom. The molecule has 1 amide bonds. The highest BCUT2D eigenvalue weighted by molar-refractivity contribution is 5.79. The average Bonchev–Trinajstić information content (AvgIpc) is 3.07. The van der Waals surface area contributed by atoms with Gasteiger partial charge < -0.3 is 24.6 Å². The number of methoxy groups -OCH3 is 2. The second-order valence-electron chi connectivity index (χ2n) is 6.97. The minimum atomic E-state index is -1.93. The summed E-state index contributed by atoms with van der Waals surface area (Å²) in [5, 5.41) is 11.5. The number of rotatable bonds is 9. The molecule has 1 aliphatic carbocycles. The van der Waals surface area contributed by atoms with Crippen LogP contribution in [0.25, 0.3) is 11.1 Å². The zero-order valence-corrected chi connectivity index (χ0v) is 16.8. The maximum Gasteiger partial charge on any atom is 0.407 e. The molecule has 0 radical (unpaired) electrons. The topological polar surface area (TPSA) is 94.1 Å². The van der Waals surface area contributed by atoms with E-state index >= 15 is 0 Å². The van der Waals surface area contributed by atoms with E-state index in [0.29, 0.717) is 0 Å². The van der Waals surface area contributed by atoms with E-state index in [-0.39, 0.29) is 12.5 Å². The molecule has 160 valence electrons. The normalized spacial score (nSPS) is 14.0. The Balaban J connectivity index is 1.74. The van der Waals surface area contributed by atoms with Crippen LogP contribution in [0.15, 0.2) is 48.5 Å². The minimum absolute atomic E-state index is 0.0439. The monoisotopic (exact) mass is 417 g/mol. The molecular weight excluding hydrogens is 393 g/mol. The molecule has 0 aromatic heterocycles. The molecule has 2 aromatic carbocycles. The summed E-state index contributed by atoms with van der Waals surface area (Å²) in [4.78, 5) is 23.7. The van der Waals surface area contributed by atoms with Crippen molar-refractivity contribution in [2.75, 3.05) is 27.5 Å². The Hall–Kier alpha value is -2.97. The van der Waals surface area contributed by atoms with Crippen LogP contribution in [0.2, 0.25) is 0 Å². The molecule has 1 atom stereocenters. The van der Waals surface area contributed by atoms with E-state index in [1.54, 1.807) is 0 Å². The Labute approximate surface area is 173 Å². The fourth-order valence-corrected chi connectivity index (χ4v) is 3.84. The van der Waals surface area contributed by atoms with Crippen LogP contribution in [0.5, 0.6) is 0 Å². The Morgan fingerprint density at radius 3 is 2.07 bits per heavy atom. The number of halogens is 1. The number of carboxylic acids is 1. The van der Waals surface area contributed by atoms with Crippen LogP contribution < -0.4 is 5.32 Å². The van der Waals surface area contributed by atoms with Gasteiger partial charge in [-0.2, -0.15) is 0 Å². The van der Waals surface area contributed by atoms with Crippen molar-refractivity contribution < 1.29 is 33.3 Å². The Morgan fingerprint density at radius 1 is 1.07 bits per heavy atom.